The molecular formula is C44H54Cl2N8O9S4. The molecule has 8 rings (SSSR count). The molecule has 2 aromatic heterocycles. The van der Waals surface area contributed by atoms with E-state index in [2.05, 4.69) is 10.6 Å². The molecule has 6 heterocycles. The Kier molecular flexibility index (Phi) is 17.9. The van der Waals surface area contributed by atoms with Crippen molar-refractivity contribution in [3.8, 4) is 0 Å². The van der Waals surface area contributed by atoms with Crippen LogP contribution < -0.4 is 10.6 Å². The van der Waals surface area contributed by atoms with Crippen LogP contribution in [0, 0.1) is 0 Å². The third kappa shape index (κ3) is 13.8. The lowest BCUT2D eigenvalue weighted by atomic mass is 10.2. The molecule has 0 radical (unpaired) electrons. The molecule has 4 aliphatic rings. The lowest BCUT2D eigenvalue weighted by molar-refractivity contribution is -0.136. The lowest BCUT2D eigenvalue weighted by Crippen LogP contribution is -2.52. The number of ether oxygens (including phenoxy) is 1. The third-order valence-corrected chi connectivity index (χ3v) is 19.1. The molecule has 0 atom stereocenters. The number of hydrogen-bond donors (Lipinski definition) is 2. The van der Waals surface area contributed by atoms with E-state index in [4.69, 9.17) is 27.9 Å². The third-order valence-electron chi connectivity index (χ3n) is 11.7. The van der Waals surface area contributed by atoms with E-state index in [0.717, 1.165) is 58.4 Å². The fraction of sp³-hybridized carbons (Fsp3) is 0.455. The summed E-state index contributed by atoms with van der Waals surface area (Å²) in [5.74, 6) is -0.309. The number of likely N-dealkylation sites (tertiary alicyclic amines) is 1. The second kappa shape index (κ2) is 23.5. The smallest absolute Gasteiger partial charge is 0.252 e. The zero-order chi connectivity index (χ0) is 47.6. The quantitative estimate of drug-likeness (QED) is 0.187. The molecule has 4 fully saturated rings. The van der Waals surface area contributed by atoms with Crippen molar-refractivity contribution < 1.29 is 40.8 Å². The van der Waals surface area contributed by atoms with Crippen molar-refractivity contribution in [2.45, 2.75) is 34.3 Å². The van der Waals surface area contributed by atoms with Crippen LogP contribution in [0.5, 0.6) is 0 Å². The average molecular weight is 1040 g/mol. The van der Waals surface area contributed by atoms with Crippen molar-refractivity contribution in [1.29, 1.82) is 0 Å². The zero-order valence-corrected chi connectivity index (χ0v) is 41.6. The lowest BCUT2D eigenvalue weighted by Gasteiger charge is -2.35. The molecule has 4 aromatic rings. The fourth-order valence-corrected chi connectivity index (χ4v) is 13.8. The van der Waals surface area contributed by atoms with Crippen LogP contribution in [-0.4, -0.2) is 174 Å². The van der Waals surface area contributed by atoms with E-state index < -0.39 is 20.0 Å². The molecule has 0 aliphatic carbocycles. The highest BCUT2D eigenvalue weighted by Crippen LogP contribution is 2.28. The summed E-state index contributed by atoms with van der Waals surface area (Å²) < 4.78 is 61.1. The second-order valence-electron chi connectivity index (χ2n) is 16.3. The minimum absolute atomic E-state index is 0.0585. The number of amides is 4. The van der Waals surface area contributed by atoms with Gasteiger partial charge in [0.05, 0.1) is 39.4 Å². The SMILES string of the molecule is O=C(NCc1ccc(S(=O)(=O)N2CCN(CC(=O)N3CCCC3)CC2)s1)c1ccc(Cl)cc1.O=C(NCc1ccc(S(=O)(=O)N2CCN(CC(=O)N3CCOCC3)CC2)s1)c1ccc(Cl)cc1. The zero-order valence-electron chi connectivity index (χ0n) is 36.8. The number of morpholine rings is 1. The summed E-state index contributed by atoms with van der Waals surface area (Å²) in [7, 11) is -7.22. The van der Waals surface area contributed by atoms with Gasteiger partial charge in [0.1, 0.15) is 8.42 Å². The molecule has 67 heavy (non-hydrogen) atoms. The number of thiophene rings is 2. The van der Waals surface area contributed by atoms with Gasteiger partial charge in [-0.15, -0.1) is 22.7 Å². The van der Waals surface area contributed by atoms with Crippen LogP contribution in [0.15, 0.2) is 81.2 Å². The highest BCUT2D eigenvalue weighted by molar-refractivity contribution is 7.91. The fourth-order valence-electron chi connectivity index (χ4n) is 7.80. The molecule has 17 nitrogen and oxygen atoms in total. The average Bonchev–Trinajstić information content (AvgIpc) is 4.16. The van der Waals surface area contributed by atoms with E-state index in [1.165, 1.54) is 8.61 Å². The normalized spacial score (nSPS) is 18.0. The number of benzene rings is 2. The van der Waals surface area contributed by atoms with Crippen LogP contribution >= 0.6 is 45.9 Å². The van der Waals surface area contributed by atoms with Crippen LogP contribution in [0.3, 0.4) is 0 Å². The monoisotopic (exact) mass is 1040 g/mol. The molecule has 4 amide bonds. The van der Waals surface area contributed by atoms with Crippen molar-refractivity contribution in [3.63, 3.8) is 0 Å². The maximum Gasteiger partial charge on any atom is 0.252 e. The Bertz CT molecular complexity index is 2550. The van der Waals surface area contributed by atoms with Crippen LogP contribution in [0.2, 0.25) is 10.0 Å². The Morgan fingerprint density at radius 1 is 0.507 bits per heavy atom. The minimum atomic E-state index is -3.62. The summed E-state index contributed by atoms with van der Waals surface area (Å²) in [6, 6.07) is 19.7. The van der Waals surface area contributed by atoms with Crippen molar-refractivity contribution in [1.82, 2.24) is 38.8 Å². The van der Waals surface area contributed by atoms with Crippen LogP contribution in [0.4, 0.5) is 0 Å². The van der Waals surface area contributed by atoms with Gasteiger partial charge in [-0.2, -0.15) is 8.61 Å². The van der Waals surface area contributed by atoms with Gasteiger partial charge in [0.2, 0.25) is 11.8 Å². The molecule has 362 valence electrons. The molecule has 2 N–H and O–H groups in total. The second-order valence-corrected chi connectivity index (χ2v) is 23.8. The first kappa shape index (κ1) is 50.9. The highest BCUT2D eigenvalue weighted by atomic mass is 35.5. The van der Waals surface area contributed by atoms with E-state index in [0.29, 0.717) is 113 Å². The summed E-state index contributed by atoms with van der Waals surface area (Å²) in [6.07, 6.45) is 2.12. The summed E-state index contributed by atoms with van der Waals surface area (Å²) in [6.45, 7) is 8.57. The number of nitrogens with one attached hydrogen (secondary N) is 2. The van der Waals surface area contributed by atoms with E-state index >= 15 is 0 Å². The van der Waals surface area contributed by atoms with E-state index in [1.807, 2.05) is 14.7 Å². The van der Waals surface area contributed by atoms with Gasteiger partial charge in [-0.1, -0.05) is 23.2 Å². The largest absolute Gasteiger partial charge is 0.378 e. The van der Waals surface area contributed by atoms with Crippen molar-refractivity contribution in [2.24, 2.45) is 0 Å². The van der Waals surface area contributed by atoms with Gasteiger partial charge in [-0.05, 0) is 85.6 Å². The summed E-state index contributed by atoms with van der Waals surface area (Å²) >= 11 is 14.0. The predicted molar refractivity (Wildman–Crippen MR) is 257 cm³/mol. The van der Waals surface area contributed by atoms with Crippen molar-refractivity contribution in [2.75, 3.05) is 105 Å². The number of halogens is 2. The van der Waals surface area contributed by atoms with E-state index in [9.17, 15) is 36.0 Å². The van der Waals surface area contributed by atoms with E-state index in [1.54, 1.807) is 77.7 Å². The number of rotatable bonds is 14. The maximum absolute atomic E-state index is 13.1. The topological polar surface area (TPSA) is 189 Å². The van der Waals surface area contributed by atoms with Gasteiger partial charge in [-0.3, -0.25) is 29.0 Å². The first-order valence-corrected chi connectivity index (χ1v) is 27.3. The number of carbonyl (C=O) groups excluding carboxylic acids is 4. The maximum atomic E-state index is 13.1. The molecule has 0 spiro atoms. The predicted octanol–water partition coefficient (Wildman–Crippen LogP) is 3.76. The number of hydrogen-bond acceptors (Lipinski definition) is 13. The summed E-state index contributed by atoms with van der Waals surface area (Å²) in [5, 5.41) is 6.71. The van der Waals surface area contributed by atoms with Gasteiger partial charge < -0.3 is 25.2 Å². The Morgan fingerprint density at radius 2 is 0.881 bits per heavy atom. The molecule has 2 aromatic carbocycles. The molecule has 0 unspecified atom stereocenters. The Morgan fingerprint density at radius 3 is 1.27 bits per heavy atom. The highest BCUT2D eigenvalue weighted by Gasteiger charge is 2.33. The number of carbonyl (C=O) groups is 4. The molecule has 0 bridgehead atoms. The number of piperazine rings is 2. The summed E-state index contributed by atoms with van der Waals surface area (Å²) in [4.78, 5) is 58.5. The van der Waals surface area contributed by atoms with Gasteiger partial charge >= 0.3 is 0 Å². The van der Waals surface area contributed by atoms with Gasteiger partial charge in [-0.25, -0.2) is 16.8 Å². The Balaban J connectivity index is 0.000000199. The molecule has 23 heteroatoms. The van der Waals surface area contributed by atoms with Crippen molar-refractivity contribution in [3.05, 3.63) is 104 Å². The van der Waals surface area contributed by atoms with Gasteiger partial charge in [0, 0.05) is 109 Å². The van der Waals surface area contributed by atoms with Crippen LogP contribution in [0.1, 0.15) is 43.3 Å². The van der Waals surface area contributed by atoms with Crippen molar-refractivity contribution >= 4 is 89.6 Å². The molecule has 0 saturated carbocycles. The Hall–Kier alpha value is -4.00. The number of sulfonamides is 2. The molecule has 4 saturated heterocycles. The molecule has 4 aliphatic heterocycles. The standard InChI is InChI=1S/C22H27ClN4O5S2.C22H27ClN4O4S2/c23-18-3-1-17(2-4-18)22(29)24-15-19-5-6-21(33-19)34(30,31)27-9-7-25(8-10-27)16-20(28)26-11-13-32-14-12-26;23-18-5-3-17(4-6-18)22(29)24-15-19-7-8-21(32-19)33(30,31)27-13-11-25(12-14-27)16-20(28)26-9-1-2-10-26/h1-6H,7-16H2,(H,24,29);3-8H,1-2,9-16H2,(H,24,29). The number of nitrogens with zero attached hydrogens (tertiary/aromatic N) is 6. The van der Waals surface area contributed by atoms with Gasteiger partial charge in [0.25, 0.3) is 31.9 Å². The first-order valence-electron chi connectivity index (χ1n) is 22.0. The van der Waals surface area contributed by atoms with Crippen LogP contribution in [0.25, 0.3) is 0 Å². The summed E-state index contributed by atoms with van der Waals surface area (Å²) in [5.41, 5.74) is 0.976. The first-order chi connectivity index (χ1) is 32.1. The Labute approximate surface area is 409 Å². The van der Waals surface area contributed by atoms with Gasteiger partial charge in [0.15, 0.2) is 0 Å². The van der Waals surface area contributed by atoms with E-state index in [-0.39, 0.29) is 45.1 Å². The van der Waals surface area contributed by atoms with Crippen LogP contribution in [-0.2, 0) is 47.5 Å². The minimum Gasteiger partial charge on any atom is -0.378 e. The molecular weight excluding hydrogens is 984 g/mol.